The van der Waals surface area contributed by atoms with Gasteiger partial charge >= 0.3 is 0 Å². The van der Waals surface area contributed by atoms with Gasteiger partial charge in [0.25, 0.3) is 0 Å². The predicted molar refractivity (Wildman–Crippen MR) is 50.6 cm³/mol. The minimum atomic E-state index is 0.723. The number of aromatic nitrogens is 1. The maximum absolute atomic E-state index is 5.97. The minimum absolute atomic E-state index is 0.723. The molecule has 3 heteroatoms. The Morgan fingerprint density at radius 3 is 2.75 bits per heavy atom. The number of pyridine rings is 1. The lowest BCUT2D eigenvalue weighted by molar-refractivity contribution is 0.969. The highest BCUT2D eigenvalue weighted by Crippen LogP contribution is 2.23. The lowest BCUT2D eigenvalue weighted by Gasteiger charge is -2.16. The molecule has 0 unspecified atom stereocenters. The van der Waals surface area contributed by atoms with Crippen LogP contribution in [-0.2, 0) is 0 Å². The quantitative estimate of drug-likeness (QED) is 0.616. The average molecular weight is 181 g/mol. The molecule has 0 atom stereocenters. The molecular weight excluding hydrogens is 172 g/mol. The number of nitrogens with zero attached hydrogens (tertiary/aromatic N) is 2. The molecule has 1 aromatic heterocycles. The van der Waals surface area contributed by atoms with Gasteiger partial charge in [0.15, 0.2) is 0 Å². The molecule has 0 aliphatic carbocycles. The van der Waals surface area contributed by atoms with Gasteiger partial charge < -0.3 is 4.90 Å². The first-order valence-corrected chi connectivity index (χ1v) is 4.26. The molecule has 0 radical (unpaired) electrons. The molecule has 0 N–H and O–H groups in total. The second kappa shape index (κ2) is 3.15. The van der Waals surface area contributed by atoms with E-state index in [2.05, 4.69) is 22.0 Å². The minimum Gasteiger partial charge on any atom is -0.348 e. The average Bonchev–Trinajstić information content (AvgIpc) is 2.57. The summed E-state index contributed by atoms with van der Waals surface area (Å²) in [5.41, 5.74) is 0. The normalized spacial score (nSPS) is 15.6. The van der Waals surface area contributed by atoms with E-state index in [1.807, 2.05) is 12.1 Å². The van der Waals surface area contributed by atoms with Gasteiger partial charge in [0, 0.05) is 19.3 Å². The van der Waals surface area contributed by atoms with Crippen molar-refractivity contribution in [2.75, 3.05) is 18.0 Å². The van der Waals surface area contributed by atoms with Gasteiger partial charge in [0.2, 0.25) is 0 Å². The Labute approximate surface area is 76.5 Å². The topological polar surface area (TPSA) is 16.1 Å². The first-order chi connectivity index (χ1) is 5.88. The molecule has 1 aromatic rings. The Morgan fingerprint density at radius 2 is 2.08 bits per heavy atom. The maximum atomic E-state index is 5.97. The lowest BCUT2D eigenvalue weighted by Crippen LogP contribution is -2.19. The summed E-state index contributed by atoms with van der Waals surface area (Å²) in [5.74, 6) is 0.879. The third-order valence-electron chi connectivity index (χ3n) is 1.86. The summed E-state index contributed by atoms with van der Waals surface area (Å²) in [4.78, 5) is 6.34. The first kappa shape index (κ1) is 7.62. The molecule has 62 valence electrons. The van der Waals surface area contributed by atoms with Gasteiger partial charge in [-0.1, -0.05) is 23.8 Å². The largest absolute Gasteiger partial charge is 0.348 e. The van der Waals surface area contributed by atoms with Crippen molar-refractivity contribution in [1.82, 2.24) is 4.98 Å². The van der Waals surface area contributed by atoms with E-state index in [1.54, 1.807) is 6.20 Å². The fraction of sp³-hybridized carbons (Fsp3) is 0.222. The van der Waals surface area contributed by atoms with Crippen LogP contribution in [0.3, 0.4) is 0 Å². The van der Waals surface area contributed by atoms with Gasteiger partial charge in [-0.2, -0.15) is 0 Å². The van der Waals surface area contributed by atoms with Crippen molar-refractivity contribution < 1.29 is 0 Å². The molecule has 12 heavy (non-hydrogen) atoms. The van der Waals surface area contributed by atoms with E-state index in [1.165, 1.54) is 0 Å². The van der Waals surface area contributed by atoms with E-state index >= 15 is 0 Å². The van der Waals surface area contributed by atoms with Crippen molar-refractivity contribution >= 4 is 17.4 Å². The fourth-order valence-corrected chi connectivity index (χ4v) is 1.50. The number of rotatable bonds is 1. The molecule has 2 nitrogen and oxygen atoms in total. The molecule has 0 bridgehead atoms. The lowest BCUT2D eigenvalue weighted by atomic mass is 10.4. The summed E-state index contributed by atoms with van der Waals surface area (Å²) in [5, 5.41) is 0.723. The zero-order valence-corrected chi connectivity index (χ0v) is 7.33. The Morgan fingerprint density at radius 1 is 1.33 bits per heavy atom. The van der Waals surface area contributed by atoms with Gasteiger partial charge in [-0.05, 0) is 12.1 Å². The van der Waals surface area contributed by atoms with Crippen LogP contribution in [0.25, 0.3) is 0 Å². The van der Waals surface area contributed by atoms with E-state index in [9.17, 15) is 0 Å². The first-order valence-electron chi connectivity index (χ1n) is 3.88. The molecule has 0 saturated carbocycles. The molecule has 0 saturated heterocycles. The van der Waals surface area contributed by atoms with Crippen molar-refractivity contribution in [2.45, 2.75) is 0 Å². The molecule has 2 heterocycles. The summed E-state index contributed by atoms with van der Waals surface area (Å²) >= 11 is 5.97. The van der Waals surface area contributed by atoms with Crippen molar-refractivity contribution in [2.24, 2.45) is 0 Å². The number of hydrogen-bond donors (Lipinski definition) is 0. The Balaban J connectivity index is 2.27. The summed E-state index contributed by atoms with van der Waals surface area (Å²) in [6.45, 7) is 1.83. The van der Waals surface area contributed by atoms with Gasteiger partial charge in [-0.3, -0.25) is 0 Å². The predicted octanol–water partition coefficient (Wildman–Crippen LogP) is 2.11. The highest BCUT2D eigenvalue weighted by atomic mass is 35.5. The monoisotopic (exact) mass is 180 g/mol. The Kier molecular flexibility index (Phi) is 2.00. The fourth-order valence-electron chi connectivity index (χ4n) is 1.26. The number of hydrogen-bond acceptors (Lipinski definition) is 2. The summed E-state index contributed by atoms with van der Waals surface area (Å²) in [6.07, 6.45) is 6.00. The molecule has 1 aliphatic rings. The van der Waals surface area contributed by atoms with Crippen molar-refractivity contribution in [3.05, 3.63) is 35.5 Å². The molecule has 0 spiro atoms. The summed E-state index contributed by atoms with van der Waals surface area (Å²) in [7, 11) is 0. The molecule has 1 aliphatic heterocycles. The third kappa shape index (κ3) is 1.30. The zero-order chi connectivity index (χ0) is 8.39. The van der Waals surface area contributed by atoms with Crippen LogP contribution in [0.15, 0.2) is 30.5 Å². The number of halogens is 1. The SMILES string of the molecule is Clc1cccnc1N1CC=CC1. The molecule has 0 aromatic carbocycles. The van der Waals surface area contributed by atoms with Crippen molar-refractivity contribution in [1.29, 1.82) is 0 Å². The molecule has 0 fully saturated rings. The van der Waals surface area contributed by atoms with Gasteiger partial charge in [0.1, 0.15) is 5.82 Å². The second-order valence-electron chi connectivity index (χ2n) is 2.69. The van der Waals surface area contributed by atoms with E-state index < -0.39 is 0 Å². The van der Waals surface area contributed by atoms with Gasteiger partial charge in [0.05, 0.1) is 5.02 Å². The maximum Gasteiger partial charge on any atom is 0.147 e. The van der Waals surface area contributed by atoms with Crippen LogP contribution in [0.4, 0.5) is 5.82 Å². The third-order valence-corrected chi connectivity index (χ3v) is 2.15. The Bertz CT molecular complexity index is 301. The molecule has 0 amide bonds. The van der Waals surface area contributed by atoms with Crippen LogP contribution in [0.5, 0.6) is 0 Å². The Hall–Kier alpha value is -1.02. The van der Waals surface area contributed by atoms with Crippen molar-refractivity contribution in [3.63, 3.8) is 0 Å². The van der Waals surface area contributed by atoms with Crippen LogP contribution < -0.4 is 4.90 Å². The van der Waals surface area contributed by atoms with E-state index in [0.29, 0.717) is 0 Å². The van der Waals surface area contributed by atoms with Crippen LogP contribution in [0.2, 0.25) is 5.02 Å². The zero-order valence-electron chi connectivity index (χ0n) is 6.57. The van der Waals surface area contributed by atoms with Gasteiger partial charge in [-0.15, -0.1) is 0 Å². The molecular formula is C9H9ClN2. The van der Waals surface area contributed by atoms with Crippen LogP contribution in [0.1, 0.15) is 0 Å². The van der Waals surface area contributed by atoms with E-state index in [4.69, 9.17) is 11.6 Å². The highest BCUT2D eigenvalue weighted by molar-refractivity contribution is 6.32. The van der Waals surface area contributed by atoms with Crippen molar-refractivity contribution in [3.8, 4) is 0 Å². The summed E-state index contributed by atoms with van der Waals surface area (Å²) in [6, 6.07) is 3.71. The standard InChI is InChI=1S/C9H9ClN2/c10-8-4-3-5-11-9(8)12-6-1-2-7-12/h1-5H,6-7H2. The molecule has 2 rings (SSSR count). The van der Waals surface area contributed by atoms with E-state index in [0.717, 1.165) is 23.9 Å². The number of anilines is 1. The van der Waals surface area contributed by atoms with E-state index in [-0.39, 0.29) is 0 Å². The smallest absolute Gasteiger partial charge is 0.147 e. The second-order valence-corrected chi connectivity index (χ2v) is 3.09. The summed E-state index contributed by atoms with van der Waals surface area (Å²) < 4.78 is 0. The van der Waals surface area contributed by atoms with Gasteiger partial charge in [-0.25, -0.2) is 4.98 Å². The van der Waals surface area contributed by atoms with Crippen LogP contribution in [-0.4, -0.2) is 18.1 Å². The van der Waals surface area contributed by atoms with Crippen LogP contribution in [0, 0.1) is 0 Å². The van der Waals surface area contributed by atoms with Crippen LogP contribution >= 0.6 is 11.6 Å². The highest BCUT2D eigenvalue weighted by Gasteiger charge is 2.11.